The Kier molecular flexibility index (Phi) is 6.37. The number of carbonyl (C=O) groups excluding carboxylic acids is 2. The second-order valence-corrected chi connectivity index (χ2v) is 5.46. The van der Waals surface area contributed by atoms with Crippen LogP contribution in [0.2, 0.25) is 0 Å². The molecule has 0 atom stereocenters. The smallest absolute Gasteiger partial charge is 0.243 e. The zero-order valence-electron chi connectivity index (χ0n) is 14.0. The second-order valence-electron chi connectivity index (χ2n) is 5.46. The monoisotopic (exact) mass is 326 g/mol. The molecule has 0 saturated heterocycles. The predicted octanol–water partition coefficient (Wildman–Crippen LogP) is 2.72. The van der Waals surface area contributed by atoms with Crippen molar-refractivity contribution < 1.29 is 14.3 Å². The number of methoxy groups -OCH3 is 1. The van der Waals surface area contributed by atoms with E-state index in [9.17, 15) is 9.59 Å². The maximum atomic E-state index is 12.2. The first kappa shape index (κ1) is 17.5. The van der Waals surface area contributed by atoms with Gasteiger partial charge in [0.2, 0.25) is 11.8 Å². The Morgan fingerprint density at radius 3 is 2.50 bits per heavy atom. The topological polar surface area (TPSA) is 58.6 Å². The van der Waals surface area contributed by atoms with Crippen molar-refractivity contribution in [3.05, 3.63) is 60.2 Å². The van der Waals surface area contributed by atoms with Gasteiger partial charge < -0.3 is 15.0 Å². The number of hydrogen-bond donors (Lipinski definition) is 1. The van der Waals surface area contributed by atoms with E-state index in [4.69, 9.17) is 4.74 Å². The third-order valence-corrected chi connectivity index (χ3v) is 3.65. The van der Waals surface area contributed by atoms with Crippen LogP contribution in [0.3, 0.4) is 0 Å². The van der Waals surface area contributed by atoms with Crippen LogP contribution in [-0.2, 0) is 16.0 Å². The summed E-state index contributed by atoms with van der Waals surface area (Å²) in [5, 5.41) is 2.79. The lowest BCUT2D eigenvalue weighted by Gasteiger charge is -2.20. The molecule has 0 aliphatic rings. The summed E-state index contributed by atoms with van der Waals surface area (Å²) in [7, 11) is 1.57. The number of ether oxygens (including phenoxy) is 1. The highest BCUT2D eigenvalue weighted by molar-refractivity contribution is 5.94. The van der Waals surface area contributed by atoms with Crippen LogP contribution in [0.4, 0.5) is 5.69 Å². The molecule has 24 heavy (non-hydrogen) atoms. The molecule has 2 aromatic carbocycles. The van der Waals surface area contributed by atoms with Crippen LogP contribution in [0, 0.1) is 0 Å². The van der Waals surface area contributed by atoms with Gasteiger partial charge in [0.05, 0.1) is 13.7 Å². The summed E-state index contributed by atoms with van der Waals surface area (Å²) in [6.07, 6.45) is 0.715. The van der Waals surface area contributed by atoms with E-state index in [0.29, 0.717) is 24.4 Å². The Labute approximate surface area is 142 Å². The predicted molar refractivity (Wildman–Crippen MR) is 94.0 cm³/mol. The molecule has 5 nitrogen and oxygen atoms in total. The summed E-state index contributed by atoms with van der Waals surface area (Å²) >= 11 is 0. The van der Waals surface area contributed by atoms with Gasteiger partial charge in [-0.2, -0.15) is 0 Å². The molecule has 0 bridgehead atoms. The van der Waals surface area contributed by atoms with Gasteiger partial charge in [0.1, 0.15) is 5.75 Å². The van der Waals surface area contributed by atoms with Crippen LogP contribution in [0.25, 0.3) is 0 Å². The molecule has 0 spiro atoms. The number of nitrogens with zero attached hydrogens (tertiary/aromatic N) is 1. The van der Waals surface area contributed by atoms with Gasteiger partial charge in [-0.3, -0.25) is 9.59 Å². The van der Waals surface area contributed by atoms with Crippen LogP contribution < -0.4 is 10.1 Å². The first-order valence-electron chi connectivity index (χ1n) is 7.82. The van der Waals surface area contributed by atoms with E-state index in [2.05, 4.69) is 5.32 Å². The highest BCUT2D eigenvalue weighted by atomic mass is 16.5. The maximum Gasteiger partial charge on any atom is 0.243 e. The summed E-state index contributed by atoms with van der Waals surface area (Å²) in [4.78, 5) is 25.5. The molecule has 0 radical (unpaired) electrons. The third kappa shape index (κ3) is 5.43. The molecule has 2 amide bonds. The normalized spacial score (nSPS) is 10.1. The Balaban J connectivity index is 1.91. The van der Waals surface area contributed by atoms with Crippen molar-refractivity contribution in [2.24, 2.45) is 0 Å². The highest BCUT2D eigenvalue weighted by Crippen LogP contribution is 2.16. The average Bonchev–Trinajstić information content (AvgIpc) is 2.59. The van der Waals surface area contributed by atoms with Crippen molar-refractivity contribution >= 4 is 17.5 Å². The maximum absolute atomic E-state index is 12.2. The van der Waals surface area contributed by atoms with Crippen LogP contribution in [0.5, 0.6) is 5.75 Å². The zero-order chi connectivity index (χ0) is 17.4. The molecule has 0 fully saturated rings. The number of benzene rings is 2. The minimum atomic E-state index is -0.230. The first-order valence-corrected chi connectivity index (χ1v) is 7.82. The molecule has 0 aromatic heterocycles. The lowest BCUT2D eigenvalue weighted by atomic mass is 10.1. The number of carbonyl (C=O) groups is 2. The van der Waals surface area contributed by atoms with Gasteiger partial charge in [-0.15, -0.1) is 0 Å². The molecule has 5 heteroatoms. The van der Waals surface area contributed by atoms with Gasteiger partial charge in [0, 0.05) is 25.2 Å². The molecule has 0 aliphatic heterocycles. The number of amides is 2. The summed E-state index contributed by atoms with van der Waals surface area (Å²) in [6.45, 7) is 2.01. The Morgan fingerprint density at radius 1 is 1.08 bits per heavy atom. The van der Waals surface area contributed by atoms with E-state index in [1.807, 2.05) is 30.3 Å². The van der Waals surface area contributed by atoms with E-state index in [1.165, 1.54) is 6.92 Å². The number of rotatable bonds is 7. The molecular formula is C19H22N2O3. The average molecular weight is 326 g/mol. The van der Waals surface area contributed by atoms with Crippen LogP contribution in [0.15, 0.2) is 54.6 Å². The molecule has 0 unspecified atom stereocenters. The van der Waals surface area contributed by atoms with Gasteiger partial charge in [-0.25, -0.2) is 0 Å². The van der Waals surface area contributed by atoms with E-state index in [1.54, 1.807) is 36.3 Å². The van der Waals surface area contributed by atoms with Gasteiger partial charge in [-0.1, -0.05) is 36.4 Å². The highest BCUT2D eigenvalue weighted by Gasteiger charge is 2.14. The Hall–Kier alpha value is -2.82. The fourth-order valence-corrected chi connectivity index (χ4v) is 2.33. The summed E-state index contributed by atoms with van der Waals surface area (Å²) in [6, 6.07) is 17.0. The fraction of sp³-hybridized carbons (Fsp3) is 0.263. The number of hydrogen-bond acceptors (Lipinski definition) is 3. The molecule has 126 valence electrons. The fourth-order valence-electron chi connectivity index (χ4n) is 2.33. The molecule has 1 N–H and O–H groups in total. The standard InChI is InChI=1S/C19H22N2O3/c1-15(22)21(12-11-16-7-4-3-5-8-16)14-19(23)20-17-9-6-10-18(13-17)24-2/h3-10,13H,11-12,14H2,1-2H3,(H,20,23). The van der Waals surface area contributed by atoms with Crippen LogP contribution >= 0.6 is 0 Å². The summed E-state index contributed by atoms with van der Waals surface area (Å²) < 4.78 is 5.13. The summed E-state index contributed by atoms with van der Waals surface area (Å²) in [5.41, 5.74) is 1.78. The summed E-state index contributed by atoms with van der Waals surface area (Å²) in [5.74, 6) is 0.318. The Bertz CT molecular complexity index is 686. The Morgan fingerprint density at radius 2 is 1.83 bits per heavy atom. The molecule has 0 heterocycles. The van der Waals surface area contributed by atoms with Crippen molar-refractivity contribution in [2.75, 3.05) is 25.5 Å². The SMILES string of the molecule is COc1cccc(NC(=O)CN(CCc2ccccc2)C(C)=O)c1. The first-order chi connectivity index (χ1) is 11.6. The van der Waals surface area contributed by atoms with E-state index in [0.717, 1.165) is 5.56 Å². The molecule has 0 saturated carbocycles. The van der Waals surface area contributed by atoms with Gasteiger partial charge >= 0.3 is 0 Å². The largest absolute Gasteiger partial charge is 0.497 e. The van der Waals surface area contributed by atoms with Gasteiger partial charge in [0.25, 0.3) is 0 Å². The van der Waals surface area contributed by atoms with E-state index < -0.39 is 0 Å². The van der Waals surface area contributed by atoms with E-state index in [-0.39, 0.29) is 18.4 Å². The lowest BCUT2D eigenvalue weighted by molar-refractivity contribution is -0.132. The molecular weight excluding hydrogens is 304 g/mol. The van der Waals surface area contributed by atoms with E-state index >= 15 is 0 Å². The van der Waals surface area contributed by atoms with Crippen LogP contribution in [0.1, 0.15) is 12.5 Å². The third-order valence-electron chi connectivity index (χ3n) is 3.65. The van der Waals surface area contributed by atoms with Gasteiger partial charge in [0.15, 0.2) is 0 Å². The number of nitrogens with one attached hydrogen (secondary N) is 1. The van der Waals surface area contributed by atoms with Crippen molar-refractivity contribution in [3.63, 3.8) is 0 Å². The van der Waals surface area contributed by atoms with Crippen molar-refractivity contribution in [1.29, 1.82) is 0 Å². The van der Waals surface area contributed by atoms with Crippen molar-refractivity contribution in [2.45, 2.75) is 13.3 Å². The molecule has 2 rings (SSSR count). The zero-order valence-corrected chi connectivity index (χ0v) is 14.0. The lowest BCUT2D eigenvalue weighted by Crippen LogP contribution is -2.38. The van der Waals surface area contributed by atoms with Gasteiger partial charge in [-0.05, 0) is 24.1 Å². The quantitative estimate of drug-likeness (QED) is 0.851. The minimum Gasteiger partial charge on any atom is -0.497 e. The molecule has 2 aromatic rings. The molecule has 0 aliphatic carbocycles. The van der Waals surface area contributed by atoms with Crippen molar-refractivity contribution in [3.8, 4) is 5.75 Å². The number of anilines is 1. The van der Waals surface area contributed by atoms with Crippen molar-refractivity contribution in [1.82, 2.24) is 4.90 Å². The minimum absolute atomic E-state index is 0.0272. The van der Waals surface area contributed by atoms with Crippen LogP contribution in [-0.4, -0.2) is 36.9 Å². The second kappa shape index (κ2) is 8.72.